The molecule has 0 aliphatic heterocycles. The van der Waals surface area contributed by atoms with Crippen LogP contribution in [0.5, 0.6) is 5.75 Å². The molecular formula is C20H22N2O6S. The van der Waals surface area contributed by atoms with E-state index in [0.29, 0.717) is 23.9 Å². The Morgan fingerprint density at radius 2 is 1.69 bits per heavy atom. The van der Waals surface area contributed by atoms with E-state index in [0.717, 1.165) is 4.31 Å². The van der Waals surface area contributed by atoms with E-state index in [1.807, 2.05) is 6.92 Å². The lowest BCUT2D eigenvalue weighted by Crippen LogP contribution is -2.40. The minimum absolute atomic E-state index is 0.0614. The molecule has 0 bridgehead atoms. The summed E-state index contributed by atoms with van der Waals surface area (Å²) < 4.78 is 43.1. The monoisotopic (exact) mass is 418 g/mol. The number of nitrogens with one attached hydrogen (secondary N) is 1. The maximum absolute atomic E-state index is 13.1. The normalized spacial score (nSPS) is 11.5. The third kappa shape index (κ3) is 5.49. The molecule has 3 rings (SSSR count). The van der Waals surface area contributed by atoms with Gasteiger partial charge in [0.15, 0.2) is 0 Å². The topological polar surface area (TPSA) is 102 Å². The zero-order valence-corrected chi connectivity index (χ0v) is 16.7. The second kappa shape index (κ2) is 9.44. The Hall–Kier alpha value is -3.04. The van der Waals surface area contributed by atoms with Crippen LogP contribution in [-0.4, -0.2) is 31.8 Å². The van der Waals surface area contributed by atoms with Gasteiger partial charge in [-0.05, 0) is 55.5 Å². The third-order valence-corrected chi connectivity index (χ3v) is 5.85. The number of sulfonamides is 1. The Bertz CT molecular complexity index is 996. The maximum atomic E-state index is 13.1. The van der Waals surface area contributed by atoms with Crippen molar-refractivity contribution in [3.63, 3.8) is 0 Å². The van der Waals surface area contributed by atoms with Gasteiger partial charge in [-0.1, -0.05) is 0 Å². The zero-order valence-electron chi connectivity index (χ0n) is 15.9. The average molecular weight is 418 g/mol. The van der Waals surface area contributed by atoms with Crippen molar-refractivity contribution in [2.75, 3.05) is 13.2 Å². The molecule has 0 spiro atoms. The average Bonchev–Trinajstić information content (AvgIpc) is 3.41. The highest BCUT2D eigenvalue weighted by atomic mass is 32.2. The number of hydrogen-bond donors (Lipinski definition) is 1. The zero-order chi connectivity index (χ0) is 20.7. The third-order valence-electron chi connectivity index (χ3n) is 4.04. The Morgan fingerprint density at radius 1 is 1.03 bits per heavy atom. The molecule has 0 saturated carbocycles. The quantitative estimate of drug-likeness (QED) is 0.543. The standard InChI is InChI=1S/C20H22N2O6S/c1-2-26-16-7-9-19(10-8-16)29(24,25)22(14-18-6-4-12-28-18)15-20(23)21-13-17-5-3-11-27-17/h3-12H,2,13-15H2,1H3,(H,21,23). The van der Waals surface area contributed by atoms with E-state index in [-0.39, 0.29) is 24.5 Å². The van der Waals surface area contributed by atoms with E-state index in [9.17, 15) is 13.2 Å². The van der Waals surface area contributed by atoms with Crippen molar-refractivity contribution in [2.45, 2.75) is 24.9 Å². The lowest BCUT2D eigenvalue weighted by atomic mass is 10.3. The summed E-state index contributed by atoms with van der Waals surface area (Å²) in [4.78, 5) is 12.4. The Morgan fingerprint density at radius 3 is 2.28 bits per heavy atom. The van der Waals surface area contributed by atoms with E-state index in [1.54, 1.807) is 36.4 Å². The first-order valence-electron chi connectivity index (χ1n) is 9.03. The van der Waals surface area contributed by atoms with Crippen LogP contribution < -0.4 is 10.1 Å². The second-order valence-corrected chi connectivity index (χ2v) is 8.05. The molecule has 1 aromatic carbocycles. The summed E-state index contributed by atoms with van der Waals surface area (Å²) in [6.45, 7) is 2.06. The van der Waals surface area contributed by atoms with Gasteiger partial charge < -0.3 is 18.9 Å². The fraction of sp³-hybridized carbons (Fsp3) is 0.250. The van der Waals surface area contributed by atoms with Crippen molar-refractivity contribution in [3.8, 4) is 5.75 Å². The molecular weight excluding hydrogens is 396 g/mol. The molecule has 2 aromatic heterocycles. The molecule has 0 fully saturated rings. The van der Waals surface area contributed by atoms with Crippen LogP contribution in [0.1, 0.15) is 18.4 Å². The van der Waals surface area contributed by atoms with E-state index in [2.05, 4.69) is 5.32 Å². The summed E-state index contributed by atoms with van der Waals surface area (Å²) in [5.74, 6) is 1.12. The molecule has 29 heavy (non-hydrogen) atoms. The molecule has 2 heterocycles. The highest BCUT2D eigenvalue weighted by Crippen LogP contribution is 2.21. The van der Waals surface area contributed by atoms with Crippen LogP contribution in [-0.2, 0) is 27.9 Å². The SMILES string of the molecule is CCOc1ccc(S(=O)(=O)N(CC(=O)NCc2ccco2)Cc2ccco2)cc1. The summed E-state index contributed by atoms with van der Waals surface area (Å²) in [5.41, 5.74) is 0. The summed E-state index contributed by atoms with van der Waals surface area (Å²) in [5, 5.41) is 2.66. The van der Waals surface area contributed by atoms with E-state index >= 15 is 0 Å². The van der Waals surface area contributed by atoms with Gasteiger partial charge in [0.25, 0.3) is 0 Å². The predicted octanol–water partition coefficient (Wildman–Crippen LogP) is 2.78. The van der Waals surface area contributed by atoms with Gasteiger partial charge in [-0.15, -0.1) is 0 Å². The van der Waals surface area contributed by atoms with Crippen molar-refractivity contribution in [3.05, 3.63) is 72.6 Å². The molecule has 0 unspecified atom stereocenters. The summed E-state index contributed by atoms with van der Waals surface area (Å²) in [6, 6.07) is 12.8. The van der Waals surface area contributed by atoms with Gasteiger partial charge in [0.1, 0.15) is 17.3 Å². The van der Waals surface area contributed by atoms with Gasteiger partial charge in [0, 0.05) is 0 Å². The Labute approximate surface area is 169 Å². The first-order chi connectivity index (χ1) is 14.0. The molecule has 3 aromatic rings. The van der Waals surface area contributed by atoms with E-state index in [4.69, 9.17) is 13.6 Å². The fourth-order valence-electron chi connectivity index (χ4n) is 2.64. The highest BCUT2D eigenvalue weighted by Gasteiger charge is 2.27. The van der Waals surface area contributed by atoms with Crippen LogP contribution in [0.2, 0.25) is 0 Å². The number of nitrogens with zero attached hydrogens (tertiary/aromatic N) is 1. The van der Waals surface area contributed by atoms with Crippen molar-refractivity contribution in [1.82, 2.24) is 9.62 Å². The van der Waals surface area contributed by atoms with Crippen LogP contribution in [0.3, 0.4) is 0 Å². The number of carbonyl (C=O) groups excluding carboxylic acids is 1. The highest BCUT2D eigenvalue weighted by molar-refractivity contribution is 7.89. The number of ether oxygens (including phenoxy) is 1. The van der Waals surface area contributed by atoms with Crippen molar-refractivity contribution in [1.29, 1.82) is 0 Å². The molecule has 1 amide bonds. The molecule has 8 nitrogen and oxygen atoms in total. The lowest BCUT2D eigenvalue weighted by molar-refractivity contribution is -0.121. The molecule has 0 aliphatic carbocycles. The van der Waals surface area contributed by atoms with Crippen LogP contribution in [0.4, 0.5) is 0 Å². The molecule has 0 saturated heterocycles. The summed E-state index contributed by atoms with van der Waals surface area (Å²) in [7, 11) is -3.94. The molecule has 154 valence electrons. The first-order valence-corrected chi connectivity index (χ1v) is 10.5. The lowest BCUT2D eigenvalue weighted by Gasteiger charge is -2.21. The largest absolute Gasteiger partial charge is 0.494 e. The van der Waals surface area contributed by atoms with Crippen LogP contribution in [0, 0.1) is 0 Å². The van der Waals surface area contributed by atoms with Gasteiger partial charge in [0.05, 0.1) is 43.7 Å². The molecule has 0 radical (unpaired) electrons. The van der Waals surface area contributed by atoms with Gasteiger partial charge in [-0.2, -0.15) is 4.31 Å². The number of amides is 1. The van der Waals surface area contributed by atoms with Crippen LogP contribution in [0.15, 0.2) is 74.8 Å². The number of hydrogen-bond acceptors (Lipinski definition) is 6. The minimum Gasteiger partial charge on any atom is -0.494 e. The van der Waals surface area contributed by atoms with E-state index in [1.165, 1.54) is 24.7 Å². The Balaban J connectivity index is 1.76. The van der Waals surface area contributed by atoms with Gasteiger partial charge >= 0.3 is 0 Å². The van der Waals surface area contributed by atoms with Gasteiger partial charge in [-0.25, -0.2) is 8.42 Å². The molecule has 9 heteroatoms. The van der Waals surface area contributed by atoms with Gasteiger partial charge in [0.2, 0.25) is 15.9 Å². The summed E-state index contributed by atoms with van der Waals surface area (Å²) >= 11 is 0. The Kier molecular flexibility index (Phi) is 6.73. The minimum atomic E-state index is -3.94. The number of benzene rings is 1. The van der Waals surface area contributed by atoms with Crippen molar-refractivity contribution in [2.24, 2.45) is 0 Å². The smallest absolute Gasteiger partial charge is 0.243 e. The van der Waals surface area contributed by atoms with E-state index < -0.39 is 15.9 Å². The van der Waals surface area contributed by atoms with Crippen molar-refractivity contribution < 1.29 is 26.8 Å². The van der Waals surface area contributed by atoms with Gasteiger partial charge in [-0.3, -0.25) is 4.79 Å². The fourth-order valence-corrected chi connectivity index (χ4v) is 4.00. The van der Waals surface area contributed by atoms with Crippen LogP contribution >= 0.6 is 0 Å². The maximum Gasteiger partial charge on any atom is 0.243 e. The predicted molar refractivity (Wildman–Crippen MR) is 104 cm³/mol. The number of rotatable bonds is 10. The molecule has 1 N–H and O–H groups in total. The number of furan rings is 2. The molecule has 0 aliphatic rings. The summed E-state index contributed by atoms with van der Waals surface area (Å²) in [6.07, 6.45) is 2.95. The van der Waals surface area contributed by atoms with Crippen LogP contribution in [0.25, 0.3) is 0 Å². The molecule has 0 atom stereocenters. The van der Waals surface area contributed by atoms with Crippen molar-refractivity contribution >= 4 is 15.9 Å². The number of carbonyl (C=O) groups is 1. The first kappa shape index (κ1) is 20.7. The second-order valence-electron chi connectivity index (χ2n) is 6.11.